The molecule has 0 saturated carbocycles. The molecule has 0 saturated heterocycles. The second-order valence-electron chi connectivity index (χ2n) is 9.47. The van der Waals surface area contributed by atoms with Crippen molar-refractivity contribution >= 4 is 23.5 Å². The van der Waals surface area contributed by atoms with E-state index in [0.29, 0.717) is 18.2 Å². The van der Waals surface area contributed by atoms with Gasteiger partial charge in [-0.25, -0.2) is 4.79 Å². The maximum absolute atomic E-state index is 10.5. The van der Waals surface area contributed by atoms with Gasteiger partial charge in [0.05, 0.1) is 20.8 Å². The Morgan fingerprint density at radius 1 is 1.05 bits per heavy atom. The SMILES string of the molecule is CC(=O)N[C@@H](CCC(=O)O)C(=O)O.COc1ccc(CCN(C)CCCOc2noc(-c3ccc(N)cc3)n2)cc1OC. The third-order valence-corrected chi connectivity index (χ3v) is 6.03. The van der Waals surface area contributed by atoms with Gasteiger partial charge in [0.1, 0.15) is 6.04 Å². The van der Waals surface area contributed by atoms with Crippen LogP contribution in [0.15, 0.2) is 47.0 Å². The number of carbonyl (C=O) groups excluding carboxylic acids is 1. The smallest absolute Gasteiger partial charge is 0.354 e. The molecule has 3 rings (SSSR count). The van der Waals surface area contributed by atoms with Gasteiger partial charge in [-0.15, -0.1) is 0 Å². The standard InChI is InChI=1S/C22H28N4O4.C7H11NO5/c1-26(13-11-16-5-10-19(27-2)20(15-16)28-3)12-4-14-29-22-24-21(30-25-22)17-6-8-18(23)9-7-17;1-4(9)8-5(7(12)13)2-3-6(10)11/h5-10,15H,4,11-14,23H2,1-3H3;5H,2-3H2,1H3,(H,8,9)(H,10,11)(H,12,13)/t;5-/m.0/s1. The molecule has 1 atom stereocenters. The third-order valence-electron chi connectivity index (χ3n) is 6.03. The van der Waals surface area contributed by atoms with Gasteiger partial charge in [-0.2, -0.15) is 4.98 Å². The fraction of sp³-hybridized carbons (Fsp3) is 0.414. The van der Waals surface area contributed by atoms with Gasteiger partial charge in [0.2, 0.25) is 5.91 Å². The fourth-order valence-corrected chi connectivity index (χ4v) is 3.75. The van der Waals surface area contributed by atoms with Crippen molar-refractivity contribution in [2.45, 2.75) is 38.6 Å². The second-order valence-corrected chi connectivity index (χ2v) is 9.47. The Hall–Kier alpha value is -4.85. The van der Waals surface area contributed by atoms with Crippen molar-refractivity contribution in [1.82, 2.24) is 20.4 Å². The van der Waals surface area contributed by atoms with E-state index in [4.69, 9.17) is 34.7 Å². The Morgan fingerprint density at radius 3 is 2.35 bits per heavy atom. The first-order valence-corrected chi connectivity index (χ1v) is 13.5. The molecule has 14 nitrogen and oxygen atoms in total. The summed E-state index contributed by atoms with van der Waals surface area (Å²) >= 11 is 0. The normalized spacial score (nSPS) is 11.2. The minimum absolute atomic E-state index is 0.107. The molecule has 234 valence electrons. The van der Waals surface area contributed by atoms with Gasteiger partial charge >= 0.3 is 17.9 Å². The number of methoxy groups -OCH3 is 2. The summed E-state index contributed by atoms with van der Waals surface area (Å²) in [6.45, 7) is 3.52. The number of carbonyl (C=O) groups is 3. The number of carboxylic acids is 2. The van der Waals surface area contributed by atoms with E-state index in [9.17, 15) is 14.4 Å². The third kappa shape index (κ3) is 12.7. The highest BCUT2D eigenvalue weighted by Crippen LogP contribution is 2.27. The first-order chi connectivity index (χ1) is 20.5. The van der Waals surface area contributed by atoms with Crippen LogP contribution in [0.1, 0.15) is 31.7 Å². The zero-order valence-corrected chi connectivity index (χ0v) is 24.7. The molecular weight excluding hydrogens is 562 g/mol. The average molecular weight is 602 g/mol. The minimum Gasteiger partial charge on any atom is -0.493 e. The quantitative estimate of drug-likeness (QED) is 0.138. The molecule has 0 spiro atoms. The zero-order valence-electron chi connectivity index (χ0n) is 24.7. The number of nitrogens with zero attached hydrogens (tertiary/aromatic N) is 3. The van der Waals surface area contributed by atoms with Gasteiger partial charge in [-0.1, -0.05) is 6.07 Å². The van der Waals surface area contributed by atoms with Crippen molar-refractivity contribution < 1.29 is 43.3 Å². The van der Waals surface area contributed by atoms with Crippen molar-refractivity contribution in [2.24, 2.45) is 0 Å². The van der Waals surface area contributed by atoms with E-state index < -0.39 is 23.9 Å². The number of carboxylic acid groups (broad SMARTS) is 2. The maximum Gasteiger partial charge on any atom is 0.354 e. The van der Waals surface area contributed by atoms with Crippen LogP contribution in [-0.4, -0.2) is 90.1 Å². The molecule has 0 bridgehead atoms. The summed E-state index contributed by atoms with van der Waals surface area (Å²) in [6, 6.07) is 12.4. The maximum atomic E-state index is 10.5. The van der Waals surface area contributed by atoms with Crippen molar-refractivity contribution in [3.63, 3.8) is 0 Å². The lowest BCUT2D eigenvalue weighted by Gasteiger charge is -2.17. The highest BCUT2D eigenvalue weighted by Gasteiger charge is 2.19. The van der Waals surface area contributed by atoms with E-state index in [1.165, 1.54) is 12.5 Å². The summed E-state index contributed by atoms with van der Waals surface area (Å²) in [4.78, 5) is 37.5. The lowest BCUT2D eigenvalue weighted by molar-refractivity contribution is -0.142. The van der Waals surface area contributed by atoms with Gasteiger partial charge < -0.3 is 44.9 Å². The van der Waals surface area contributed by atoms with E-state index in [0.717, 1.165) is 43.0 Å². The van der Waals surface area contributed by atoms with E-state index >= 15 is 0 Å². The number of aliphatic carboxylic acids is 2. The van der Waals surface area contributed by atoms with Crippen molar-refractivity contribution in [3.05, 3.63) is 48.0 Å². The largest absolute Gasteiger partial charge is 0.493 e. The van der Waals surface area contributed by atoms with Crippen LogP contribution in [0.3, 0.4) is 0 Å². The van der Waals surface area contributed by atoms with Crippen molar-refractivity contribution in [3.8, 4) is 29.0 Å². The van der Waals surface area contributed by atoms with Crippen LogP contribution in [-0.2, 0) is 20.8 Å². The predicted molar refractivity (Wildman–Crippen MR) is 157 cm³/mol. The van der Waals surface area contributed by atoms with E-state index in [-0.39, 0.29) is 18.9 Å². The second kappa shape index (κ2) is 17.9. The van der Waals surface area contributed by atoms with Crippen LogP contribution in [0.2, 0.25) is 0 Å². The first-order valence-electron chi connectivity index (χ1n) is 13.5. The number of benzene rings is 2. The van der Waals surface area contributed by atoms with Gasteiger partial charge in [-0.05, 0) is 73.4 Å². The monoisotopic (exact) mass is 601 g/mol. The Morgan fingerprint density at radius 2 is 1.74 bits per heavy atom. The molecule has 5 N–H and O–H groups in total. The topological polar surface area (TPSA) is 200 Å². The predicted octanol–water partition coefficient (Wildman–Crippen LogP) is 2.72. The van der Waals surface area contributed by atoms with Crippen molar-refractivity contribution in [2.75, 3.05) is 46.7 Å². The fourth-order valence-electron chi connectivity index (χ4n) is 3.75. The lowest BCUT2D eigenvalue weighted by atomic mass is 10.1. The van der Waals surface area contributed by atoms with Crippen LogP contribution in [0.25, 0.3) is 11.5 Å². The number of nitrogens with one attached hydrogen (secondary N) is 1. The molecule has 0 unspecified atom stereocenters. The minimum atomic E-state index is -1.23. The highest BCUT2D eigenvalue weighted by atomic mass is 16.6. The molecule has 0 fully saturated rings. The number of rotatable bonds is 16. The van der Waals surface area contributed by atoms with E-state index in [1.54, 1.807) is 26.4 Å². The Balaban J connectivity index is 0.000000420. The number of likely N-dealkylation sites (N-methyl/N-ethyl adjacent to an activating group) is 1. The molecular formula is C29H39N5O9. The van der Waals surface area contributed by atoms with Gasteiger partial charge in [0, 0.05) is 37.7 Å². The molecule has 0 aliphatic heterocycles. The van der Waals surface area contributed by atoms with Crippen LogP contribution in [0.4, 0.5) is 5.69 Å². The highest BCUT2D eigenvalue weighted by molar-refractivity contribution is 5.82. The number of ether oxygens (including phenoxy) is 3. The lowest BCUT2D eigenvalue weighted by Crippen LogP contribution is -2.39. The van der Waals surface area contributed by atoms with Crippen molar-refractivity contribution in [1.29, 1.82) is 0 Å². The van der Waals surface area contributed by atoms with Crippen LogP contribution in [0, 0.1) is 0 Å². The van der Waals surface area contributed by atoms with Gasteiger partial charge in [-0.3, -0.25) is 9.59 Å². The molecule has 1 heterocycles. The van der Waals surface area contributed by atoms with Crippen LogP contribution in [0.5, 0.6) is 17.5 Å². The van der Waals surface area contributed by atoms with Gasteiger partial charge in [0.25, 0.3) is 5.89 Å². The van der Waals surface area contributed by atoms with Crippen LogP contribution >= 0.6 is 0 Å². The molecule has 1 aromatic heterocycles. The molecule has 0 aliphatic carbocycles. The summed E-state index contributed by atoms with van der Waals surface area (Å²) in [5, 5.41) is 22.8. The summed E-state index contributed by atoms with van der Waals surface area (Å²) in [5.74, 6) is -0.889. The summed E-state index contributed by atoms with van der Waals surface area (Å²) in [7, 11) is 5.38. The number of anilines is 1. The number of nitrogen functional groups attached to an aromatic ring is 1. The van der Waals surface area contributed by atoms with E-state index in [1.807, 2.05) is 24.3 Å². The summed E-state index contributed by atoms with van der Waals surface area (Å²) in [6.07, 6.45) is 1.39. The van der Waals surface area contributed by atoms with Crippen LogP contribution < -0.4 is 25.3 Å². The Bertz CT molecular complexity index is 1310. The van der Waals surface area contributed by atoms with E-state index in [2.05, 4.69) is 33.5 Å². The van der Waals surface area contributed by atoms with Gasteiger partial charge in [0.15, 0.2) is 11.5 Å². The molecule has 14 heteroatoms. The first kappa shape index (κ1) is 34.4. The summed E-state index contributed by atoms with van der Waals surface area (Å²) in [5.41, 5.74) is 8.39. The molecule has 3 aromatic rings. The number of amides is 1. The molecule has 1 amide bonds. The number of aromatic nitrogens is 2. The number of hydrogen-bond acceptors (Lipinski definition) is 11. The number of nitrogens with two attached hydrogens (primary N) is 1. The molecule has 0 radical (unpaired) electrons. The average Bonchev–Trinajstić information content (AvgIpc) is 3.45. The molecule has 43 heavy (non-hydrogen) atoms. The Kier molecular flexibility index (Phi) is 14.3. The molecule has 2 aromatic carbocycles. The summed E-state index contributed by atoms with van der Waals surface area (Å²) < 4.78 is 21.5. The molecule has 0 aliphatic rings. The number of hydrogen-bond donors (Lipinski definition) is 4. The zero-order chi connectivity index (χ0) is 31.8. The Labute approximate surface area is 249 Å².